The van der Waals surface area contributed by atoms with Crippen LogP contribution in [0.5, 0.6) is 5.75 Å². The van der Waals surface area contributed by atoms with Gasteiger partial charge in [0.15, 0.2) is 0 Å². The molecule has 6 heteroatoms. The van der Waals surface area contributed by atoms with E-state index in [4.69, 9.17) is 16.3 Å². The van der Waals surface area contributed by atoms with Crippen LogP contribution >= 0.6 is 11.6 Å². The van der Waals surface area contributed by atoms with Crippen molar-refractivity contribution in [3.63, 3.8) is 0 Å². The maximum atomic E-state index is 15.3. The van der Waals surface area contributed by atoms with Crippen molar-refractivity contribution < 1.29 is 17.9 Å². The summed E-state index contributed by atoms with van der Waals surface area (Å²) in [5, 5.41) is 1.06. The monoisotopic (exact) mass is 455 g/mol. The number of ether oxygens (including phenoxy) is 1. The lowest BCUT2D eigenvalue weighted by Crippen LogP contribution is -2.03. The van der Waals surface area contributed by atoms with Crippen LogP contribution in [0.1, 0.15) is 37.1 Å². The Balaban J connectivity index is 2.06. The molecule has 0 amide bonds. The summed E-state index contributed by atoms with van der Waals surface area (Å²) in [4.78, 5) is 3.26. The zero-order chi connectivity index (χ0) is 22.8. The SMILES string of the molecule is CCOc1cc(F)c(/C(=C(/CC)c2ccc(F)cc2Cl)c2cc3ccccc3[nH]2)c(F)c1. The van der Waals surface area contributed by atoms with Crippen LogP contribution in [0.2, 0.25) is 5.02 Å². The highest BCUT2D eigenvalue weighted by Gasteiger charge is 2.24. The van der Waals surface area contributed by atoms with Crippen molar-refractivity contribution >= 4 is 33.7 Å². The number of rotatable bonds is 6. The second-order valence-corrected chi connectivity index (χ2v) is 7.70. The highest BCUT2D eigenvalue weighted by Crippen LogP contribution is 2.40. The Kier molecular flexibility index (Phi) is 6.28. The molecule has 2 nitrogen and oxygen atoms in total. The molecule has 0 fully saturated rings. The Morgan fingerprint density at radius 1 is 0.938 bits per heavy atom. The number of H-pyrrole nitrogens is 1. The molecular formula is C26H21ClF3NO. The predicted molar refractivity (Wildman–Crippen MR) is 123 cm³/mol. The van der Waals surface area contributed by atoms with E-state index in [1.807, 2.05) is 37.3 Å². The molecule has 4 aromatic rings. The number of hydrogen-bond donors (Lipinski definition) is 1. The second kappa shape index (κ2) is 9.13. The summed E-state index contributed by atoms with van der Waals surface area (Å²) in [7, 11) is 0. The molecule has 1 heterocycles. The van der Waals surface area contributed by atoms with Gasteiger partial charge >= 0.3 is 0 Å². The molecule has 3 aromatic carbocycles. The standard InChI is InChI=1S/C26H21ClF3NO/c1-3-18(19-10-9-16(28)12-20(19)27)25(24-11-15-7-5-6-8-23(15)31-24)26-21(29)13-17(32-4-2)14-22(26)30/h5-14,31H,3-4H2,1-2H3/b25-18-. The van der Waals surface area contributed by atoms with Crippen molar-refractivity contribution in [1.82, 2.24) is 4.98 Å². The maximum absolute atomic E-state index is 15.3. The molecule has 0 aliphatic carbocycles. The molecule has 4 rings (SSSR count). The summed E-state index contributed by atoms with van der Waals surface area (Å²) in [5.41, 5.74) is 2.59. The van der Waals surface area contributed by atoms with E-state index in [9.17, 15) is 4.39 Å². The highest BCUT2D eigenvalue weighted by atomic mass is 35.5. The van der Waals surface area contributed by atoms with Crippen molar-refractivity contribution in [2.75, 3.05) is 6.61 Å². The molecule has 0 bridgehead atoms. The van der Waals surface area contributed by atoms with Crippen LogP contribution in [0.3, 0.4) is 0 Å². The predicted octanol–water partition coefficient (Wildman–Crippen LogP) is 8.01. The Morgan fingerprint density at radius 3 is 2.28 bits per heavy atom. The molecule has 1 N–H and O–H groups in total. The normalized spacial score (nSPS) is 12.2. The summed E-state index contributed by atoms with van der Waals surface area (Å²) in [6.45, 7) is 3.89. The summed E-state index contributed by atoms with van der Waals surface area (Å²) in [5.74, 6) is -1.89. The summed E-state index contributed by atoms with van der Waals surface area (Å²) < 4.78 is 49.7. The Morgan fingerprint density at radius 2 is 1.66 bits per heavy atom. The lowest BCUT2D eigenvalue weighted by molar-refractivity contribution is 0.335. The zero-order valence-electron chi connectivity index (χ0n) is 17.6. The minimum Gasteiger partial charge on any atom is -0.494 e. The van der Waals surface area contributed by atoms with Crippen molar-refractivity contribution in [3.05, 3.63) is 100.0 Å². The Labute approximate surface area is 189 Å². The van der Waals surface area contributed by atoms with Gasteiger partial charge in [-0.25, -0.2) is 13.2 Å². The molecule has 0 unspecified atom stereocenters. The van der Waals surface area contributed by atoms with Crippen molar-refractivity contribution in [3.8, 4) is 5.75 Å². The van der Waals surface area contributed by atoms with E-state index in [0.29, 0.717) is 28.8 Å². The summed E-state index contributed by atoms with van der Waals surface area (Å²) >= 11 is 6.35. The van der Waals surface area contributed by atoms with Gasteiger partial charge < -0.3 is 9.72 Å². The number of nitrogens with one attached hydrogen (secondary N) is 1. The van der Waals surface area contributed by atoms with Gasteiger partial charge in [-0.05, 0) is 48.7 Å². The van der Waals surface area contributed by atoms with Gasteiger partial charge in [0.2, 0.25) is 0 Å². The van der Waals surface area contributed by atoms with Gasteiger partial charge in [-0.15, -0.1) is 0 Å². The van der Waals surface area contributed by atoms with Crippen LogP contribution in [0.4, 0.5) is 13.2 Å². The Bertz CT molecular complexity index is 1270. The first-order valence-electron chi connectivity index (χ1n) is 10.3. The number of halogens is 4. The molecule has 0 aliphatic heterocycles. The van der Waals surface area contributed by atoms with Gasteiger partial charge in [0.25, 0.3) is 0 Å². The van der Waals surface area contributed by atoms with E-state index in [2.05, 4.69) is 4.98 Å². The third-order valence-electron chi connectivity index (χ3n) is 5.29. The van der Waals surface area contributed by atoms with Gasteiger partial charge in [-0.3, -0.25) is 0 Å². The minimum atomic E-state index is -0.758. The van der Waals surface area contributed by atoms with Crippen LogP contribution in [0.25, 0.3) is 22.0 Å². The number of aromatic nitrogens is 1. The number of aromatic amines is 1. The third-order valence-corrected chi connectivity index (χ3v) is 5.60. The molecule has 1 aromatic heterocycles. The molecule has 0 aliphatic rings. The zero-order valence-corrected chi connectivity index (χ0v) is 18.4. The second-order valence-electron chi connectivity index (χ2n) is 7.30. The molecule has 0 saturated heterocycles. The molecule has 0 radical (unpaired) electrons. The first kappa shape index (κ1) is 22.0. The topological polar surface area (TPSA) is 25.0 Å². The van der Waals surface area contributed by atoms with E-state index in [-0.39, 0.29) is 22.9 Å². The van der Waals surface area contributed by atoms with Gasteiger partial charge in [0, 0.05) is 34.3 Å². The average molecular weight is 456 g/mol. The fourth-order valence-corrected chi connectivity index (χ4v) is 4.21. The summed E-state index contributed by atoms with van der Waals surface area (Å²) in [6.07, 6.45) is 0.405. The average Bonchev–Trinajstić information content (AvgIpc) is 3.18. The van der Waals surface area contributed by atoms with Crippen LogP contribution in [0, 0.1) is 17.5 Å². The first-order valence-corrected chi connectivity index (χ1v) is 10.7. The van der Waals surface area contributed by atoms with Crippen molar-refractivity contribution in [1.29, 1.82) is 0 Å². The quantitative estimate of drug-likeness (QED) is 0.293. The van der Waals surface area contributed by atoms with E-state index in [1.54, 1.807) is 6.92 Å². The van der Waals surface area contributed by atoms with Crippen molar-refractivity contribution in [2.24, 2.45) is 0 Å². The lowest BCUT2D eigenvalue weighted by atomic mass is 9.90. The van der Waals surface area contributed by atoms with E-state index in [0.717, 1.165) is 10.9 Å². The van der Waals surface area contributed by atoms with Crippen LogP contribution in [0.15, 0.2) is 60.7 Å². The smallest absolute Gasteiger partial charge is 0.137 e. The largest absolute Gasteiger partial charge is 0.494 e. The maximum Gasteiger partial charge on any atom is 0.137 e. The molecule has 0 atom stereocenters. The van der Waals surface area contributed by atoms with Gasteiger partial charge in [-0.1, -0.05) is 42.8 Å². The molecule has 32 heavy (non-hydrogen) atoms. The number of hydrogen-bond acceptors (Lipinski definition) is 1. The summed E-state index contributed by atoms with van der Waals surface area (Å²) in [6, 6.07) is 15.8. The molecule has 0 saturated carbocycles. The fraction of sp³-hybridized carbons (Fsp3) is 0.154. The van der Waals surface area contributed by atoms with Gasteiger partial charge in [0.1, 0.15) is 23.2 Å². The van der Waals surface area contributed by atoms with E-state index in [1.165, 1.54) is 30.3 Å². The molecule has 0 spiro atoms. The number of allylic oxidation sites excluding steroid dienone is 1. The Hall–Kier alpha value is -3.18. The highest BCUT2D eigenvalue weighted by molar-refractivity contribution is 6.32. The van der Waals surface area contributed by atoms with Crippen molar-refractivity contribution in [2.45, 2.75) is 20.3 Å². The van der Waals surface area contributed by atoms with Crippen LogP contribution in [-0.2, 0) is 0 Å². The molecule has 164 valence electrons. The van der Waals surface area contributed by atoms with E-state index < -0.39 is 17.5 Å². The van der Waals surface area contributed by atoms with Crippen LogP contribution in [-0.4, -0.2) is 11.6 Å². The first-order chi connectivity index (χ1) is 15.4. The molecular weight excluding hydrogens is 435 g/mol. The van der Waals surface area contributed by atoms with Gasteiger partial charge in [0.05, 0.1) is 17.2 Å². The third kappa shape index (κ3) is 4.13. The minimum absolute atomic E-state index is 0.111. The fourth-order valence-electron chi connectivity index (χ4n) is 3.93. The van der Waals surface area contributed by atoms with Crippen LogP contribution < -0.4 is 4.74 Å². The number of para-hydroxylation sites is 1. The number of benzene rings is 3. The van der Waals surface area contributed by atoms with E-state index >= 15 is 8.78 Å². The lowest BCUT2D eigenvalue weighted by Gasteiger charge is -2.18. The number of fused-ring (bicyclic) bond motifs is 1. The van der Waals surface area contributed by atoms with Gasteiger partial charge in [-0.2, -0.15) is 0 Å².